The molecule has 1 aromatic rings. The lowest BCUT2D eigenvalue weighted by Gasteiger charge is -2.12. The molecule has 1 aromatic carbocycles. The molecule has 0 fully saturated rings. The fourth-order valence-electron chi connectivity index (χ4n) is 1.56. The summed E-state index contributed by atoms with van der Waals surface area (Å²) in [6.45, 7) is 2.78. The summed E-state index contributed by atoms with van der Waals surface area (Å²) in [4.78, 5) is 16.1. The van der Waals surface area contributed by atoms with Crippen LogP contribution in [0.25, 0.3) is 0 Å². The fourth-order valence-corrected chi connectivity index (χ4v) is 1.56. The number of amidine groups is 1. The van der Waals surface area contributed by atoms with E-state index in [1.54, 1.807) is 0 Å². The summed E-state index contributed by atoms with van der Waals surface area (Å²) in [7, 11) is 1.49. The number of carbonyl (C=O) groups is 1. The molecule has 0 bridgehead atoms. The molecule has 23 heavy (non-hydrogen) atoms. The molecule has 0 aliphatic carbocycles. The molecular formula is C15H19F3N2O3. The molecule has 5 nitrogen and oxygen atoms in total. The van der Waals surface area contributed by atoms with E-state index < -0.39 is 17.6 Å². The minimum Gasteiger partial charge on any atom is -0.463 e. The van der Waals surface area contributed by atoms with E-state index in [-0.39, 0.29) is 18.2 Å². The molecule has 1 rings (SSSR count). The van der Waals surface area contributed by atoms with Crippen LogP contribution >= 0.6 is 0 Å². The van der Waals surface area contributed by atoms with E-state index in [4.69, 9.17) is 9.47 Å². The van der Waals surface area contributed by atoms with Crippen molar-refractivity contribution >= 4 is 11.9 Å². The molecule has 8 heteroatoms. The van der Waals surface area contributed by atoms with Gasteiger partial charge < -0.3 is 9.47 Å². The van der Waals surface area contributed by atoms with E-state index in [0.717, 1.165) is 18.6 Å². The standard InChI is InChI=1S/C15H19F3N2O3/c1-3-7-19-14(23-9-8-22-2)20-13(21)11-5-4-6-12(10-11)15(16,17)18/h4-6,10H,3,7-9H2,1-2H3,(H,19,20,21). The van der Waals surface area contributed by atoms with E-state index in [1.165, 1.54) is 19.2 Å². The fraction of sp³-hybridized carbons (Fsp3) is 0.467. The van der Waals surface area contributed by atoms with Crippen molar-refractivity contribution in [1.82, 2.24) is 5.32 Å². The minimum absolute atomic E-state index is 0.0358. The van der Waals surface area contributed by atoms with Crippen LogP contribution in [-0.2, 0) is 15.7 Å². The van der Waals surface area contributed by atoms with E-state index in [2.05, 4.69) is 10.3 Å². The molecule has 0 aromatic heterocycles. The average Bonchev–Trinajstić information content (AvgIpc) is 2.51. The van der Waals surface area contributed by atoms with Crippen molar-refractivity contribution < 1.29 is 27.4 Å². The summed E-state index contributed by atoms with van der Waals surface area (Å²) in [6.07, 6.45) is -3.78. The van der Waals surface area contributed by atoms with Crippen molar-refractivity contribution in [2.24, 2.45) is 4.99 Å². The van der Waals surface area contributed by atoms with E-state index in [9.17, 15) is 18.0 Å². The highest BCUT2D eigenvalue weighted by molar-refractivity contribution is 6.04. The predicted octanol–water partition coefficient (Wildman–Crippen LogP) is 2.86. The van der Waals surface area contributed by atoms with Gasteiger partial charge >= 0.3 is 6.18 Å². The van der Waals surface area contributed by atoms with Gasteiger partial charge in [-0.25, -0.2) is 4.99 Å². The lowest BCUT2D eigenvalue weighted by molar-refractivity contribution is -0.137. The number of alkyl halides is 3. The number of ether oxygens (including phenoxy) is 2. The molecule has 0 aliphatic rings. The van der Waals surface area contributed by atoms with Crippen molar-refractivity contribution in [1.29, 1.82) is 0 Å². The number of hydrogen-bond acceptors (Lipinski definition) is 4. The molecule has 1 N–H and O–H groups in total. The van der Waals surface area contributed by atoms with Crippen LogP contribution in [0.5, 0.6) is 0 Å². The Morgan fingerprint density at radius 3 is 2.65 bits per heavy atom. The van der Waals surface area contributed by atoms with E-state index >= 15 is 0 Å². The second-order valence-corrected chi connectivity index (χ2v) is 4.56. The first-order chi connectivity index (χ1) is 10.9. The minimum atomic E-state index is -4.51. The van der Waals surface area contributed by atoms with E-state index in [1.807, 2.05) is 6.92 Å². The zero-order chi connectivity index (χ0) is 17.3. The predicted molar refractivity (Wildman–Crippen MR) is 79.3 cm³/mol. The van der Waals surface area contributed by atoms with Gasteiger partial charge in [0, 0.05) is 19.2 Å². The Hall–Kier alpha value is -2.09. The number of benzene rings is 1. The van der Waals surface area contributed by atoms with Gasteiger partial charge in [0.1, 0.15) is 6.61 Å². The Balaban J connectivity index is 2.81. The molecule has 128 valence electrons. The van der Waals surface area contributed by atoms with Crippen molar-refractivity contribution in [3.8, 4) is 0 Å². The SMILES string of the molecule is CCCN=C(NC(=O)c1cccc(C(F)(F)F)c1)OCCOC. The number of hydrogen-bond donors (Lipinski definition) is 1. The highest BCUT2D eigenvalue weighted by Crippen LogP contribution is 2.29. The molecule has 0 atom stereocenters. The summed E-state index contributed by atoms with van der Waals surface area (Å²) < 4.78 is 48.1. The number of carbonyl (C=O) groups excluding carboxylic acids is 1. The first-order valence-electron chi connectivity index (χ1n) is 7.03. The number of nitrogens with one attached hydrogen (secondary N) is 1. The van der Waals surface area contributed by atoms with Gasteiger partial charge in [0.15, 0.2) is 0 Å². The van der Waals surface area contributed by atoms with Gasteiger partial charge in [-0.2, -0.15) is 13.2 Å². The van der Waals surface area contributed by atoms with Crippen molar-refractivity contribution in [3.63, 3.8) is 0 Å². The average molecular weight is 332 g/mol. The van der Waals surface area contributed by atoms with Gasteiger partial charge in [-0.1, -0.05) is 13.0 Å². The third kappa shape index (κ3) is 6.68. The molecule has 1 amide bonds. The molecule has 0 unspecified atom stereocenters. The summed E-state index contributed by atoms with van der Waals surface area (Å²) in [5.74, 6) is -0.719. The van der Waals surface area contributed by atoms with Crippen LogP contribution in [0.3, 0.4) is 0 Å². The highest BCUT2D eigenvalue weighted by atomic mass is 19.4. The number of methoxy groups -OCH3 is 1. The molecule has 0 spiro atoms. The van der Waals surface area contributed by atoms with Gasteiger partial charge in [-0.3, -0.25) is 10.1 Å². The first-order valence-corrected chi connectivity index (χ1v) is 7.03. The molecular weight excluding hydrogens is 313 g/mol. The monoisotopic (exact) mass is 332 g/mol. The molecule has 0 saturated heterocycles. The van der Waals surface area contributed by atoms with Crippen LogP contribution in [0.4, 0.5) is 13.2 Å². The summed E-state index contributed by atoms with van der Waals surface area (Å²) in [6, 6.07) is 4.11. The van der Waals surface area contributed by atoms with Crippen LogP contribution in [0.1, 0.15) is 29.3 Å². The Bertz CT molecular complexity index is 545. The molecule has 0 heterocycles. The third-order valence-electron chi connectivity index (χ3n) is 2.68. The maximum Gasteiger partial charge on any atom is 0.416 e. The van der Waals surface area contributed by atoms with Gasteiger partial charge in [-0.15, -0.1) is 0 Å². The number of aliphatic imine (C=N–C) groups is 1. The second kappa shape index (κ2) is 9.14. The summed E-state index contributed by atoms with van der Waals surface area (Å²) in [5, 5.41) is 2.37. The van der Waals surface area contributed by atoms with Gasteiger partial charge in [0.25, 0.3) is 11.9 Å². The van der Waals surface area contributed by atoms with Gasteiger partial charge in [0.2, 0.25) is 0 Å². The first kappa shape index (κ1) is 19.0. The van der Waals surface area contributed by atoms with Crippen LogP contribution in [0, 0.1) is 0 Å². The number of halogens is 3. The number of nitrogens with zero attached hydrogens (tertiary/aromatic N) is 1. The Labute approximate surface area is 132 Å². The molecule has 0 radical (unpaired) electrons. The Morgan fingerprint density at radius 2 is 2.04 bits per heavy atom. The maximum absolute atomic E-state index is 12.7. The highest BCUT2D eigenvalue weighted by Gasteiger charge is 2.31. The van der Waals surface area contributed by atoms with Crippen LogP contribution in [0.2, 0.25) is 0 Å². The number of amides is 1. The Kier molecular flexibility index (Phi) is 7.53. The van der Waals surface area contributed by atoms with Gasteiger partial charge in [0.05, 0.1) is 12.2 Å². The number of rotatable bonds is 6. The lowest BCUT2D eigenvalue weighted by Crippen LogP contribution is -2.33. The largest absolute Gasteiger partial charge is 0.463 e. The van der Waals surface area contributed by atoms with E-state index in [0.29, 0.717) is 13.2 Å². The zero-order valence-electron chi connectivity index (χ0n) is 12.9. The quantitative estimate of drug-likeness (QED) is 0.495. The van der Waals surface area contributed by atoms with Crippen molar-refractivity contribution in [3.05, 3.63) is 35.4 Å². The van der Waals surface area contributed by atoms with Crippen LogP contribution < -0.4 is 5.32 Å². The van der Waals surface area contributed by atoms with Crippen LogP contribution in [0.15, 0.2) is 29.3 Å². The normalized spacial score (nSPS) is 12.1. The van der Waals surface area contributed by atoms with Gasteiger partial charge in [-0.05, 0) is 24.6 Å². The van der Waals surface area contributed by atoms with Crippen molar-refractivity contribution in [2.75, 3.05) is 26.9 Å². The Morgan fingerprint density at radius 1 is 1.30 bits per heavy atom. The molecule has 0 saturated carbocycles. The third-order valence-corrected chi connectivity index (χ3v) is 2.68. The topological polar surface area (TPSA) is 59.9 Å². The zero-order valence-corrected chi connectivity index (χ0v) is 12.9. The maximum atomic E-state index is 12.7. The summed E-state index contributed by atoms with van der Waals surface area (Å²) >= 11 is 0. The van der Waals surface area contributed by atoms with Crippen molar-refractivity contribution in [2.45, 2.75) is 19.5 Å². The molecule has 0 aliphatic heterocycles. The summed E-state index contributed by atoms with van der Waals surface area (Å²) in [5.41, 5.74) is -1.02. The smallest absolute Gasteiger partial charge is 0.416 e. The van der Waals surface area contributed by atoms with Crippen LogP contribution in [-0.4, -0.2) is 38.8 Å². The second-order valence-electron chi connectivity index (χ2n) is 4.56. The lowest BCUT2D eigenvalue weighted by atomic mass is 10.1.